The predicted molar refractivity (Wildman–Crippen MR) is 62.5 cm³/mol. The zero-order valence-corrected chi connectivity index (χ0v) is 10.4. The summed E-state index contributed by atoms with van der Waals surface area (Å²) >= 11 is 0. The van der Waals surface area contributed by atoms with Crippen molar-refractivity contribution in [2.24, 2.45) is 5.92 Å². The van der Waals surface area contributed by atoms with Gasteiger partial charge in [-0.1, -0.05) is 0 Å². The van der Waals surface area contributed by atoms with Gasteiger partial charge in [0.1, 0.15) is 5.54 Å². The zero-order valence-electron chi connectivity index (χ0n) is 10.4. The summed E-state index contributed by atoms with van der Waals surface area (Å²) in [6.07, 6.45) is 3.65. The molecule has 2 atom stereocenters. The second-order valence-corrected chi connectivity index (χ2v) is 5.13. The van der Waals surface area contributed by atoms with Gasteiger partial charge in [0.2, 0.25) is 0 Å². The van der Waals surface area contributed by atoms with Crippen molar-refractivity contribution in [3.8, 4) is 6.07 Å². The highest BCUT2D eigenvalue weighted by Crippen LogP contribution is 2.30. The minimum absolute atomic E-state index is 0.392. The van der Waals surface area contributed by atoms with Crippen LogP contribution in [0.1, 0.15) is 33.1 Å². The molecule has 0 saturated heterocycles. The van der Waals surface area contributed by atoms with E-state index in [1.54, 1.807) is 0 Å². The number of hydrogen-bond donors (Lipinski definition) is 1. The summed E-state index contributed by atoms with van der Waals surface area (Å²) in [5.41, 5.74) is -0.392. The average molecular weight is 209 g/mol. The minimum atomic E-state index is -0.392. The van der Waals surface area contributed by atoms with Crippen LogP contribution in [0.4, 0.5) is 0 Å². The SMILES string of the molecule is CNC(C)(C#N)CC(C)N(C)CC1CC1. The highest BCUT2D eigenvalue weighted by atomic mass is 15.1. The van der Waals surface area contributed by atoms with Crippen LogP contribution in [0, 0.1) is 17.2 Å². The summed E-state index contributed by atoms with van der Waals surface area (Å²) in [4.78, 5) is 2.38. The average Bonchev–Trinajstić information content (AvgIpc) is 3.01. The van der Waals surface area contributed by atoms with E-state index in [1.807, 2.05) is 14.0 Å². The lowest BCUT2D eigenvalue weighted by molar-refractivity contribution is 0.209. The topological polar surface area (TPSA) is 39.1 Å². The second-order valence-electron chi connectivity index (χ2n) is 5.13. The first kappa shape index (κ1) is 12.5. The van der Waals surface area contributed by atoms with Crippen LogP contribution in [0.15, 0.2) is 0 Å². The van der Waals surface area contributed by atoms with Crippen LogP contribution >= 0.6 is 0 Å². The van der Waals surface area contributed by atoms with Crippen molar-refractivity contribution in [1.82, 2.24) is 10.2 Å². The van der Waals surface area contributed by atoms with E-state index in [9.17, 15) is 0 Å². The Morgan fingerprint density at radius 2 is 2.20 bits per heavy atom. The molecule has 0 amide bonds. The number of nitriles is 1. The molecule has 86 valence electrons. The van der Waals surface area contributed by atoms with Crippen molar-refractivity contribution in [1.29, 1.82) is 5.26 Å². The number of hydrogen-bond acceptors (Lipinski definition) is 3. The van der Waals surface area contributed by atoms with E-state index >= 15 is 0 Å². The third-order valence-electron chi connectivity index (χ3n) is 3.50. The minimum Gasteiger partial charge on any atom is -0.303 e. The van der Waals surface area contributed by atoms with E-state index in [0.29, 0.717) is 6.04 Å². The van der Waals surface area contributed by atoms with E-state index < -0.39 is 5.54 Å². The van der Waals surface area contributed by atoms with Crippen molar-refractivity contribution in [3.63, 3.8) is 0 Å². The molecule has 0 spiro atoms. The molecule has 0 aromatic rings. The Kier molecular flexibility index (Phi) is 4.12. The summed E-state index contributed by atoms with van der Waals surface area (Å²) < 4.78 is 0. The molecule has 15 heavy (non-hydrogen) atoms. The monoisotopic (exact) mass is 209 g/mol. The third-order valence-corrected chi connectivity index (χ3v) is 3.50. The van der Waals surface area contributed by atoms with E-state index in [4.69, 9.17) is 5.26 Å². The molecule has 1 saturated carbocycles. The highest BCUT2D eigenvalue weighted by Gasteiger charge is 2.29. The van der Waals surface area contributed by atoms with Crippen molar-refractivity contribution in [2.75, 3.05) is 20.6 Å². The van der Waals surface area contributed by atoms with Gasteiger partial charge >= 0.3 is 0 Å². The molecule has 1 aliphatic carbocycles. The van der Waals surface area contributed by atoms with Crippen LogP contribution in [0.25, 0.3) is 0 Å². The molecule has 1 N–H and O–H groups in total. The molecule has 1 rings (SSSR count). The maximum atomic E-state index is 9.08. The van der Waals surface area contributed by atoms with Crippen LogP contribution in [-0.4, -0.2) is 37.1 Å². The molecule has 3 heteroatoms. The van der Waals surface area contributed by atoms with Crippen LogP contribution in [0.2, 0.25) is 0 Å². The lowest BCUT2D eigenvalue weighted by Crippen LogP contribution is -2.45. The first-order valence-corrected chi connectivity index (χ1v) is 5.81. The molecule has 0 aromatic carbocycles. The normalized spacial score (nSPS) is 22.1. The highest BCUT2D eigenvalue weighted by molar-refractivity contribution is 5.04. The number of rotatable bonds is 6. The van der Waals surface area contributed by atoms with Crippen molar-refractivity contribution in [3.05, 3.63) is 0 Å². The van der Waals surface area contributed by atoms with Gasteiger partial charge in [0.05, 0.1) is 6.07 Å². The van der Waals surface area contributed by atoms with E-state index in [0.717, 1.165) is 12.3 Å². The summed E-state index contributed by atoms with van der Waals surface area (Å²) in [5, 5.41) is 12.2. The molecule has 0 heterocycles. The zero-order chi connectivity index (χ0) is 11.5. The van der Waals surface area contributed by atoms with E-state index in [-0.39, 0.29) is 0 Å². The first-order chi connectivity index (χ1) is 7.00. The van der Waals surface area contributed by atoms with Gasteiger partial charge in [-0.05, 0) is 53.1 Å². The summed E-state index contributed by atoms with van der Waals surface area (Å²) in [7, 11) is 4.02. The molecule has 0 aromatic heterocycles. The first-order valence-electron chi connectivity index (χ1n) is 5.81. The fourth-order valence-corrected chi connectivity index (χ4v) is 1.84. The van der Waals surface area contributed by atoms with Gasteiger partial charge in [-0.3, -0.25) is 0 Å². The van der Waals surface area contributed by atoms with E-state index in [2.05, 4.69) is 30.3 Å². The Hall–Kier alpha value is -0.590. The van der Waals surface area contributed by atoms with Crippen LogP contribution in [0.3, 0.4) is 0 Å². The Labute approximate surface area is 93.5 Å². The van der Waals surface area contributed by atoms with Crippen molar-refractivity contribution < 1.29 is 0 Å². The smallest absolute Gasteiger partial charge is 0.105 e. The van der Waals surface area contributed by atoms with E-state index in [1.165, 1.54) is 19.4 Å². The quantitative estimate of drug-likeness (QED) is 0.722. The number of nitrogens with zero attached hydrogens (tertiary/aromatic N) is 2. The fourth-order valence-electron chi connectivity index (χ4n) is 1.84. The fraction of sp³-hybridized carbons (Fsp3) is 0.917. The third kappa shape index (κ3) is 3.81. The largest absolute Gasteiger partial charge is 0.303 e. The summed E-state index contributed by atoms with van der Waals surface area (Å²) in [5.74, 6) is 0.917. The summed E-state index contributed by atoms with van der Waals surface area (Å²) in [6.45, 7) is 5.36. The van der Waals surface area contributed by atoms with Crippen molar-refractivity contribution >= 4 is 0 Å². The molecule has 0 radical (unpaired) electrons. The van der Waals surface area contributed by atoms with Gasteiger partial charge in [0.15, 0.2) is 0 Å². The van der Waals surface area contributed by atoms with Gasteiger partial charge < -0.3 is 10.2 Å². The standard InChI is InChI=1S/C12H23N3/c1-10(7-12(2,9-13)14-3)15(4)8-11-5-6-11/h10-11,14H,5-8H2,1-4H3. The molecular weight excluding hydrogens is 186 g/mol. The van der Waals surface area contributed by atoms with Gasteiger partial charge in [0, 0.05) is 12.6 Å². The lowest BCUT2D eigenvalue weighted by Gasteiger charge is -2.31. The second kappa shape index (κ2) is 4.96. The van der Waals surface area contributed by atoms with Crippen LogP contribution in [-0.2, 0) is 0 Å². The van der Waals surface area contributed by atoms with Gasteiger partial charge in [0.25, 0.3) is 0 Å². The van der Waals surface area contributed by atoms with Crippen LogP contribution < -0.4 is 5.32 Å². The molecule has 0 bridgehead atoms. The van der Waals surface area contributed by atoms with Crippen molar-refractivity contribution in [2.45, 2.75) is 44.7 Å². The Bertz CT molecular complexity index is 242. The molecule has 1 fully saturated rings. The Balaban J connectivity index is 2.38. The maximum Gasteiger partial charge on any atom is 0.105 e. The van der Waals surface area contributed by atoms with Gasteiger partial charge in [-0.25, -0.2) is 0 Å². The Morgan fingerprint density at radius 1 is 1.60 bits per heavy atom. The van der Waals surface area contributed by atoms with Crippen LogP contribution in [0.5, 0.6) is 0 Å². The summed E-state index contributed by atoms with van der Waals surface area (Å²) in [6, 6.07) is 2.81. The molecule has 1 aliphatic rings. The molecule has 3 nitrogen and oxygen atoms in total. The Morgan fingerprint density at radius 3 is 2.60 bits per heavy atom. The molecular formula is C12H23N3. The van der Waals surface area contributed by atoms with Gasteiger partial charge in [-0.15, -0.1) is 0 Å². The number of nitrogens with one attached hydrogen (secondary N) is 1. The van der Waals surface area contributed by atoms with Gasteiger partial charge in [-0.2, -0.15) is 5.26 Å². The maximum absolute atomic E-state index is 9.08. The molecule has 2 unspecified atom stereocenters. The lowest BCUT2D eigenvalue weighted by atomic mass is 9.95. The predicted octanol–water partition coefficient (Wildman–Crippen LogP) is 1.61. The molecule has 0 aliphatic heterocycles.